The number of piperidine rings is 1. The van der Waals surface area contributed by atoms with Crippen LogP contribution in [0.2, 0.25) is 0 Å². The van der Waals surface area contributed by atoms with E-state index in [0.29, 0.717) is 6.54 Å². The van der Waals surface area contributed by atoms with E-state index in [2.05, 4.69) is 5.32 Å². The third-order valence-electron chi connectivity index (χ3n) is 6.41. The van der Waals surface area contributed by atoms with Crippen LogP contribution in [0.1, 0.15) is 43.6 Å². The molecule has 136 valence electrons. The second kappa shape index (κ2) is 5.88. The number of benzene rings is 2. The first kappa shape index (κ1) is 15.9. The summed E-state index contributed by atoms with van der Waals surface area (Å²) in [5.74, 6) is 1.07. The van der Waals surface area contributed by atoms with Gasteiger partial charge in [0.05, 0.1) is 19.0 Å². The number of carbonyl (C=O) groups excluding carboxylic acids is 1. The largest absolute Gasteiger partial charge is 0.507 e. The Morgan fingerprint density at radius 1 is 1.12 bits per heavy atom. The van der Waals surface area contributed by atoms with Crippen molar-refractivity contribution in [3.05, 3.63) is 35.9 Å². The van der Waals surface area contributed by atoms with Crippen LogP contribution in [-0.2, 0) is 4.79 Å². The van der Waals surface area contributed by atoms with Crippen molar-refractivity contribution in [2.24, 2.45) is 0 Å². The number of phenols is 1. The number of aromatic hydroxyl groups is 1. The van der Waals surface area contributed by atoms with Crippen molar-refractivity contribution >= 4 is 16.7 Å². The van der Waals surface area contributed by atoms with Crippen molar-refractivity contribution in [3.8, 4) is 11.5 Å². The molecular formula is C21H25N2O3+. The van der Waals surface area contributed by atoms with Crippen LogP contribution in [0.3, 0.4) is 0 Å². The van der Waals surface area contributed by atoms with E-state index in [9.17, 15) is 9.90 Å². The molecule has 5 nitrogen and oxygen atoms in total. The van der Waals surface area contributed by atoms with Gasteiger partial charge in [0.2, 0.25) is 0 Å². The fourth-order valence-electron chi connectivity index (χ4n) is 5.21. The number of quaternary nitrogens is 1. The maximum atomic E-state index is 13.3. The van der Waals surface area contributed by atoms with Crippen molar-refractivity contribution in [1.29, 1.82) is 0 Å². The van der Waals surface area contributed by atoms with Gasteiger partial charge in [0.15, 0.2) is 0 Å². The summed E-state index contributed by atoms with van der Waals surface area (Å²) in [6.07, 6.45) is 5.31. The summed E-state index contributed by atoms with van der Waals surface area (Å²) in [6.45, 7) is 2.62. The molecule has 3 aliphatic heterocycles. The van der Waals surface area contributed by atoms with Crippen LogP contribution in [-0.4, -0.2) is 36.4 Å². The summed E-state index contributed by atoms with van der Waals surface area (Å²) in [7, 11) is 0. The molecule has 0 bridgehead atoms. The monoisotopic (exact) mass is 353 g/mol. The number of nitrogens with one attached hydrogen (secondary N) is 2. The number of phenolic OH excluding ortho intramolecular Hbond substituents is 1. The fraction of sp³-hybridized carbons (Fsp3) is 0.476. The summed E-state index contributed by atoms with van der Waals surface area (Å²) < 4.78 is 6.64. The number of fused-ring (bicyclic) bond motifs is 5. The Morgan fingerprint density at radius 2 is 1.88 bits per heavy atom. The number of likely N-dealkylation sites (tertiary alicyclic amines) is 1. The molecule has 2 atom stereocenters. The van der Waals surface area contributed by atoms with E-state index in [4.69, 9.17) is 4.74 Å². The Balaban J connectivity index is 1.73. The van der Waals surface area contributed by atoms with Crippen LogP contribution in [0.25, 0.3) is 10.8 Å². The molecule has 0 aliphatic carbocycles. The quantitative estimate of drug-likeness (QED) is 0.731. The van der Waals surface area contributed by atoms with Gasteiger partial charge in [-0.15, -0.1) is 0 Å². The van der Waals surface area contributed by atoms with E-state index in [-0.39, 0.29) is 17.6 Å². The summed E-state index contributed by atoms with van der Waals surface area (Å²) in [5, 5.41) is 15.4. The van der Waals surface area contributed by atoms with E-state index in [1.165, 1.54) is 11.3 Å². The second-order valence-electron chi connectivity index (χ2n) is 7.81. The highest BCUT2D eigenvalue weighted by Crippen LogP contribution is 2.51. The van der Waals surface area contributed by atoms with E-state index in [0.717, 1.165) is 60.9 Å². The molecule has 5 heteroatoms. The molecule has 26 heavy (non-hydrogen) atoms. The lowest BCUT2D eigenvalue weighted by molar-refractivity contribution is -0.967. The molecule has 1 amide bonds. The average molecular weight is 353 g/mol. The van der Waals surface area contributed by atoms with E-state index in [1.54, 1.807) is 0 Å². The molecular weight excluding hydrogens is 328 g/mol. The van der Waals surface area contributed by atoms with Gasteiger partial charge in [-0.2, -0.15) is 0 Å². The molecule has 2 fully saturated rings. The third kappa shape index (κ3) is 2.10. The first-order valence-corrected chi connectivity index (χ1v) is 9.79. The number of carbonyl (C=O) groups is 1. The van der Waals surface area contributed by atoms with Crippen molar-refractivity contribution < 1.29 is 19.5 Å². The maximum absolute atomic E-state index is 13.3. The summed E-state index contributed by atoms with van der Waals surface area (Å²) in [6, 6.07) is 9.60. The zero-order valence-electron chi connectivity index (χ0n) is 14.9. The highest BCUT2D eigenvalue weighted by atomic mass is 16.5. The predicted molar refractivity (Wildman–Crippen MR) is 98.5 cm³/mol. The molecule has 0 aromatic heterocycles. The van der Waals surface area contributed by atoms with Gasteiger partial charge in [-0.05, 0) is 38.2 Å². The smallest absolute Gasteiger partial charge is 0.328 e. The van der Waals surface area contributed by atoms with Gasteiger partial charge in [0.1, 0.15) is 11.5 Å². The minimum Gasteiger partial charge on any atom is -0.507 e. The number of rotatable bonds is 1. The summed E-state index contributed by atoms with van der Waals surface area (Å²) in [5.41, 5.74) is 0.104. The molecule has 3 aliphatic rings. The second-order valence-corrected chi connectivity index (χ2v) is 7.81. The van der Waals surface area contributed by atoms with Crippen LogP contribution >= 0.6 is 0 Å². The normalized spacial score (nSPS) is 28.8. The molecule has 2 aromatic carbocycles. The minimum atomic E-state index is -0.893. The Morgan fingerprint density at radius 3 is 2.69 bits per heavy atom. The highest BCUT2D eigenvalue weighted by Gasteiger charge is 2.63. The van der Waals surface area contributed by atoms with Crippen molar-refractivity contribution in [2.45, 2.75) is 43.7 Å². The van der Waals surface area contributed by atoms with Crippen LogP contribution in [0.5, 0.6) is 11.5 Å². The minimum absolute atomic E-state index is 0.0105. The molecule has 0 saturated carbocycles. The molecule has 2 saturated heterocycles. The fourth-order valence-corrected chi connectivity index (χ4v) is 5.21. The van der Waals surface area contributed by atoms with Gasteiger partial charge in [-0.3, -0.25) is 9.69 Å². The zero-order chi connectivity index (χ0) is 17.7. The Kier molecular flexibility index (Phi) is 3.60. The van der Waals surface area contributed by atoms with Crippen molar-refractivity contribution in [2.75, 3.05) is 19.6 Å². The van der Waals surface area contributed by atoms with Crippen LogP contribution in [0.4, 0.5) is 0 Å². The summed E-state index contributed by atoms with van der Waals surface area (Å²) >= 11 is 0. The molecule has 0 radical (unpaired) electrons. The van der Waals surface area contributed by atoms with Crippen LogP contribution < -0.4 is 15.0 Å². The number of hydrogen-bond donors (Lipinski definition) is 3. The number of amides is 1. The molecule has 0 spiro atoms. The molecule has 0 unspecified atom stereocenters. The molecule has 3 N–H and O–H groups in total. The Labute approximate surface area is 152 Å². The lowest BCUT2D eigenvalue weighted by Gasteiger charge is -2.39. The van der Waals surface area contributed by atoms with Gasteiger partial charge >= 0.3 is 11.6 Å². The molecule has 5 rings (SSSR count). The number of hydrogen-bond acceptors (Lipinski definition) is 3. The topological polar surface area (TPSA) is 63.0 Å². The predicted octanol–water partition coefficient (Wildman–Crippen LogP) is 1.70. The first-order valence-electron chi connectivity index (χ1n) is 9.79. The van der Waals surface area contributed by atoms with E-state index in [1.807, 2.05) is 30.3 Å². The third-order valence-corrected chi connectivity index (χ3v) is 6.41. The molecule has 3 heterocycles. The lowest BCUT2D eigenvalue weighted by atomic mass is 9.84. The van der Waals surface area contributed by atoms with Gasteiger partial charge in [0, 0.05) is 22.9 Å². The van der Waals surface area contributed by atoms with Crippen LogP contribution in [0.15, 0.2) is 30.3 Å². The van der Waals surface area contributed by atoms with E-state index >= 15 is 0 Å². The SMILES string of the molecule is O=C1NCCC[C@@H]2c3cc(O)c4ccccc4c3O[C@]12[NH+]1CCCCC1. The highest BCUT2D eigenvalue weighted by molar-refractivity contribution is 5.97. The zero-order valence-corrected chi connectivity index (χ0v) is 14.9. The first-order chi connectivity index (χ1) is 12.7. The average Bonchev–Trinajstić information content (AvgIpc) is 2.92. The number of ether oxygens (including phenoxy) is 1. The standard InChI is InChI=1S/C21H24N2O3/c24-18-13-16-17-9-6-10-22-20(25)21(17,23-11-4-1-5-12-23)26-19(16)15-8-3-2-7-14(15)18/h2-3,7-8,13,17,24H,1,4-6,9-12H2,(H,22,25)/p+1/t17-,21+/m1/s1. The Bertz CT molecular complexity index is 875. The van der Waals surface area contributed by atoms with Crippen LogP contribution in [0, 0.1) is 0 Å². The van der Waals surface area contributed by atoms with Crippen molar-refractivity contribution in [1.82, 2.24) is 5.32 Å². The van der Waals surface area contributed by atoms with Gasteiger partial charge in [0.25, 0.3) is 0 Å². The van der Waals surface area contributed by atoms with Gasteiger partial charge in [-0.25, -0.2) is 0 Å². The summed E-state index contributed by atoms with van der Waals surface area (Å²) in [4.78, 5) is 14.5. The molecule has 2 aromatic rings. The Hall–Kier alpha value is -2.27. The van der Waals surface area contributed by atoms with Crippen molar-refractivity contribution in [3.63, 3.8) is 0 Å². The van der Waals surface area contributed by atoms with Gasteiger partial charge in [-0.1, -0.05) is 24.3 Å². The lowest BCUT2D eigenvalue weighted by Crippen LogP contribution is -3.23. The maximum Gasteiger partial charge on any atom is 0.328 e. The van der Waals surface area contributed by atoms with E-state index < -0.39 is 5.72 Å². The van der Waals surface area contributed by atoms with Gasteiger partial charge < -0.3 is 15.2 Å².